The molecule has 0 spiro atoms. The molecule has 2 unspecified atom stereocenters. The van der Waals surface area contributed by atoms with Gasteiger partial charge in [0.1, 0.15) is 0 Å². The van der Waals surface area contributed by atoms with Crippen LogP contribution in [0.3, 0.4) is 0 Å². The summed E-state index contributed by atoms with van der Waals surface area (Å²) >= 11 is 1.86. The fourth-order valence-corrected chi connectivity index (χ4v) is 2.18. The van der Waals surface area contributed by atoms with Crippen LogP contribution in [0.25, 0.3) is 0 Å². The third-order valence-corrected chi connectivity index (χ3v) is 4.11. The second kappa shape index (κ2) is 11.0. The number of thioether (sulfide) groups is 1. The van der Waals surface area contributed by atoms with Gasteiger partial charge in [0.25, 0.3) is 0 Å². The smallest absolute Gasteiger partial charge is 0.193 e. The molecule has 4 nitrogen and oxygen atoms in total. The van der Waals surface area contributed by atoms with E-state index < -0.39 is 0 Å². The van der Waals surface area contributed by atoms with Gasteiger partial charge >= 0.3 is 0 Å². The number of hydrogen-bond donors (Lipinski definition) is 1. The van der Waals surface area contributed by atoms with Gasteiger partial charge in [-0.05, 0) is 19.6 Å². The normalized spacial score (nSPS) is 20.8. The lowest BCUT2D eigenvalue weighted by molar-refractivity contribution is 0.181. The van der Waals surface area contributed by atoms with E-state index in [1.807, 2.05) is 11.8 Å². The van der Waals surface area contributed by atoms with Gasteiger partial charge in [-0.2, -0.15) is 11.8 Å². The molecular weight excluding hydrogens is 373 g/mol. The molecule has 1 heterocycles. The monoisotopic (exact) mass is 401 g/mol. The van der Waals surface area contributed by atoms with E-state index in [0.717, 1.165) is 38.8 Å². The number of aliphatic imine (C=N–C) groups is 1. The van der Waals surface area contributed by atoms with Crippen molar-refractivity contribution < 1.29 is 4.74 Å². The van der Waals surface area contributed by atoms with Crippen LogP contribution in [-0.4, -0.2) is 62.3 Å². The number of halogens is 1. The second-order valence-corrected chi connectivity index (χ2v) is 6.13. The molecule has 1 N–H and O–H groups in total. The van der Waals surface area contributed by atoms with Gasteiger partial charge in [0.05, 0.1) is 13.2 Å². The predicted octanol–water partition coefficient (Wildman–Crippen LogP) is 2.29. The maximum atomic E-state index is 5.42. The summed E-state index contributed by atoms with van der Waals surface area (Å²) in [6.45, 7) is 8.94. The molecule has 6 heteroatoms. The largest absolute Gasteiger partial charge is 0.381 e. The first-order chi connectivity index (χ1) is 8.67. The molecule has 1 aliphatic rings. The van der Waals surface area contributed by atoms with Crippen LogP contribution in [0, 0.1) is 5.92 Å². The lowest BCUT2D eigenvalue weighted by Gasteiger charge is -2.24. The maximum absolute atomic E-state index is 5.42. The molecule has 114 valence electrons. The Morgan fingerprint density at radius 2 is 2.32 bits per heavy atom. The summed E-state index contributed by atoms with van der Waals surface area (Å²) in [7, 11) is 2.11. The van der Waals surface area contributed by atoms with Crippen LogP contribution in [0.2, 0.25) is 0 Å². The van der Waals surface area contributed by atoms with Crippen LogP contribution in [0.4, 0.5) is 0 Å². The molecule has 0 amide bonds. The Balaban J connectivity index is 0.00000324. The zero-order chi connectivity index (χ0) is 13.4. The molecule has 1 saturated heterocycles. The number of guanidine groups is 1. The van der Waals surface area contributed by atoms with Crippen molar-refractivity contribution in [2.75, 3.05) is 46.2 Å². The van der Waals surface area contributed by atoms with E-state index in [0.29, 0.717) is 11.2 Å². The van der Waals surface area contributed by atoms with Crippen molar-refractivity contribution in [2.24, 2.45) is 10.9 Å². The van der Waals surface area contributed by atoms with Gasteiger partial charge in [0.15, 0.2) is 5.96 Å². The van der Waals surface area contributed by atoms with Gasteiger partial charge in [-0.3, -0.25) is 4.99 Å². The topological polar surface area (TPSA) is 36.9 Å². The van der Waals surface area contributed by atoms with Crippen molar-refractivity contribution in [3.05, 3.63) is 0 Å². The van der Waals surface area contributed by atoms with E-state index in [1.165, 1.54) is 6.42 Å². The summed E-state index contributed by atoms with van der Waals surface area (Å²) in [6.07, 6.45) is 3.30. The predicted molar refractivity (Wildman–Crippen MR) is 95.9 cm³/mol. The van der Waals surface area contributed by atoms with Gasteiger partial charge in [-0.15, -0.1) is 24.0 Å². The Morgan fingerprint density at radius 3 is 2.84 bits per heavy atom. The number of hydrogen-bond acceptors (Lipinski definition) is 3. The molecule has 0 aromatic carbocycles. The van der Waals surface area contributed by atoms with Crippen molar-refractivity contribution in [2.45, 2.75) is 25.5 Å². The molecule has 19 heavy (non-hydrogen) atoms. The zero-order valence-corrected chi connectivity index (χ0v) is 15.7. The van der Waals surface area contributed by atoms with Gasteiger partial charge in [0.2, 0.25) is 0 Å². The first-order valence-corrected chi connectivity index (χ1v) is 8.06. The van der Waals surface area contributed by atoms with Crippen LogP contribution in [-0.2, 0) is 4.74 Å². The minimum absolute atomic E-state index is 0. The van der Waals surface area contributed by atoms with Crippen molar-refractivity contribution in [1.29, 1.82) is 0 Å². The highest BCUT2D eigenvalue weighted by atomic mass is 127. The number of ether oxygens (including phenoxy) is 1. The van der Waals surface area contributed by atoms with E-state index in [1.54, 1.807) is 0 Å². The van der Waals surface area contributed by atoms with Gasteiger partial charge in [0, 0.05) is 37.9 Å². The minimum atomic E-state index is 0. The summed E-state index contributed by atoms with van der Waals surface area (Å²) in [5.41, 5.74) is 0. The van der Waals surface area contributed by atoms with Gasteiger partial charge < -0.3 is 15.0 Å². The molecule has 1 fully saturated rings. The zero-order valence-electron chi connectivity index (χ0n) is 12.5. The van der Waals surface area contributed by atoms with Crippen molar-refractivity contribution in [3.8, 4) is 0 Å². The maximum Gasteiger partial charge on any atom is 0.193 e. The van der Waals surface area contributed by atoms with E-state index in [4.69, 9.17) is 9.73 Å². The highest BCUT2D eigenvalue weighted by Crippen LogP contribution is 2.13. The van der Waals surface area contributed by atoms with E-state index in [2.05, 4.69) is 37.4 Å². The van der Waals surface area contributed by atoms with Crippen LogP contribution < -0.4 is 5.32 Å². The second-order valence-electron chi connectivity index (χ2n) is 4.85. The number of rotatable bonds is 6. The molecule has 0 aromatic rings. The van der Waals surface area contributed by atoms with E-state index in [-0.39, 0.29) is 24.0 Å². The van der Waals surface area contributed by atoms with Gasteiger partial charge in [-0.1, -0.05) is 6.92 Å². The summed E-state index contributed by atoms with van der Waals surface area (Å²) in [4.78, 5) is 6.93. The average Bonchev–Trinajstić information content (AvgIpc) is 2.86. The van der Waals surface area contributed by atoms with E-state index in [9.17, 15) is 0 Å². The SMILES string of the molecule is CCNC(=NCC(C)SC)N(C)CC1CCOC1.I. The molecule has 1 rings (SSSR count). The fourth-order valence-electron chi connectivity index (χ4n) is 1.96. The Morgan fingerprint density at radius 1 is 1.58 bits per heavy atom. The van der Waals surface area contributed by atoms with Crippen LogP contribution >= 0.6 is 35.7 Å². The molecule has 0 saturated carbocycles. The Labute approximate surface area is 139 Å². The Bertz CT molecular complexity index is 260. The van der Waals surface area contributed by atoms with Crippen molar-refractivity contribution in [3.63, 3.8) is 0 Å². The third-order valence-electron chi connectivity index (χ3n) is 3.15. The molecular formula is C13H28IN3OS. The number of nitrogens with zero attached hydrogens (tertiary/aromatic N) is 2. The first-order valence-electron chi connectivity index (χ1n) is 6.77. The molecule has 2 atom stereocenters. The summed E-state index contributed by atoms with van der Waals surface area (Å²) in [5.74, 6) is 1.67. The Hall–Kier alpha value is 0.310. The first kappa shape index (κ1) is 19.3. The molecule has 0 aliphatic carbocycles. The average molecular weight is 401 g/mol. The molecule has 1 aliphatic heterocycles. The molecule has 0 aromatic heterocycles. The van der Waals surface area contributed by atoms with Crippen LogP contribution in [0.5, 0.6) is 0 Å². The quantitative estimate of drug-likeness (QED) is 0.421. The van der Waals surface area contributed by atoms with Crippen LogP contribution in [0.15, 0.2) is 4.99 Å². The molecule has 0 radical (unpaired) electrons. The highest BCUT2D eigenvalue weighted by molar-refractivity contribution is 14.0. The van der Waals surface area contributed by atoms with Gasteiger partial charge in [-0.25, -0.2) is 0 Å². The van der Waals surface area contributed by atoms with Crippen molar-refractivity contribution >= 4 is 41.7 Å². The fraction of sp³-hybridized carbons (Fsp3) is 0.923. The standard InChI is InChI=1S/C13H27N3OS.HI/c1-5-14-13(15-8-11(2)18-4)16(3)9-12-6-7-17-10-12;/h11-12H,5-10H2,1-4H3,(H,14,15);1H. The summed E-state index contributed by atoms with van der Waals surface area (Å²) < 4.78 is 5.42. The van der Waals surface area contributed by atoms with Crippen molar-refractivity contribution in [1.82, 2.24) is 10.2 Å². The van der Waals surface area contributed by atoms with E-state index >= 15 is 0 Å². The Kier molecular flexibility index (Phi) is 11.2. The minimum Gasteiger partial charge on any atom is -0.381 e. The third kappa shape index (κ3) is 7.60. The summed E-state index contributed by atoms with van der Waals surface area (Å²) in [6, 6.07) is 0. The highest BCUT2D eigenvalue weighted by Gasteiger charge is 2.19. The van der Waals surface area contributed by atoms with Crippen LogP contribution in [0.1, 0.15) is 20.3 Å². The number of nitrogens with one attached hydrogen (secondary N) is 1. The summed E-state index contributed by atoms with van der Waals surface area (Å²) in [5, 5.41) is 3.93. The lowest BCUT2D eigenvalue weighted by Crippen LogP contribution is -2.41. The molecule has 0 bridgehead atoms. The lowest BCUT2D eigenvalue weighted by atomic mass is 10.1.